The van der Waals surface area contributed by atoms with Crippen molar-refractivity contribution in [3.63, 3.8) is 0 Å². The van der Waals surface area contributed by atoms with Gasteiger partial charge in [-0.15, -0.1) is 0 Å². The molecule has 1 saturated heterocycles. The zero-order valence-electron chi connectivity index (χ0n) is 16.5. The number of guanidine groups is 1. The number of aromatic nitrogens is 2. The Balaban J connectivity index is 1.69. The zero-order valence-corrected chi connectivity index (χ0v) is 16.5. The highest BCUT2D eigenvalue weighted by atomic mass is 19.4. The lowest BCUT2D eigenvalue weighted by Gasteiger charge is -2.25. The lowest BCUT2D eigenvalue weighted by molar-refractivity contribution is -0.0918. The van der Waals surface area contributed by atoms with Crippen LogP contribution in [0.4, 0.5) is 13.2 Å². The molecule has 0 saturated carbocycles. The molecule has 0 radical (unpaired) electrons. The number of fused-ring (bicyclic) bond motifs is 1. The van der Waals surface area contributed by atoms with Gasteiger partial charge in [0.15, 0.2) is 5.96 Å². The van der Waals surface area contributed by atoms with E-state index in [1.807, 2.05) is 6.07 Å². The number of hydrogen-bond donors (Lipinski definition) is 4. The van der Waals surface area contributed by atoms with Gasteiger partial charge in [0.2, 0.25) is 0 Å². The van der Waals surface area contributed by atoms with Crippen LogP contribution in [0.3, 0.4) is 0 Å². The number of aromatic amines is 1. The third-order valence-electron chi connectivity index (χ3n) is 5.28. The van der Waals surface area contributed by atoms with Gasteiger partial charge in [0, 0.05) is 29.8 Å². The summed E-state index contributed by atoms with van der Waals surface area (Å²) in [7, 11) is 0. The number of rotatable bonds is 4. The van der Waals surface area contributed by atoms with Gasteiger partial charge < -0.3 is 25.5 Å². The molecule has 1 unspecified atom stereocenters. The fraction of sp³-hybridized carbons (Fsp3) is 0.500. The van der Waals surface area contributed by atoms with Crippen LogP contribution in [0.15, 0.2) is 28.9 Å². The molecule has 10 heteroatoms. The molecule has 2 aliphatic rings. The number of halogens is 3. The van der Waals surface area contributed by atoms with Gasteiger partial charge in [0.1, 0.15) is 5.65 Å². The molecule has 0 spiro atoms. The second kappa shape index (κ2) is 8.27. The van der Waals surface area contributed by atoms with E-state index >= 15 is 0 Å². The molecule has 0 aliphatic carbocycles. The number of pyridine rings is 1. The van der Waals surface area contributed by atoms with Crippen molar-refractivity contribution in [3.05, 3.63) is 35.2 Å². The summed E-state index contributed by atoms with van der Waals surface area (Å²) in [6, 6.07) is 3.24. The summed E-state index contributed by atoms with van der Waals surface area (Å²) >= 11 is 0. The predicted molar refractivity (Wildman–Crippen MR) is 107 cm³/mol. The Bertz CT molecular complexity index is 976. The first-order valence-electron chi connectivity index (χ1n) is 9.96. The van der Waals surface area contributed by atoms with Gasteiger partial charge >= 0.3 is 6.18 Å². The number of aliphatic hydroxyl groups is 1. The highest BCUT2D eigenvalue weighted by molar-refractivity contribution is 5.98. The van der Waals surface area contributed by atoms with Crippen LogP contribution in [-0.4, -0.2) is 53.0 Å². The Morgan fingerprint density at radius 3 is 2.87 bits per heavy atom. The third-order valence-corrected chi connectivity index (χ3v) is 5.28. The summed E-state index contributed by atoms with van der Waals surface area (Å²) < 4.78 is 46.8. The van der Waals surface area contributed by atoms with E-state index in [0.29, 0.717) is 23.2 Å². The van der Waals surface area contributed by atoms with Gasteiger partial charge in [-0.25, -0.2) is 9.98 Å². The minimum absolute atomic E-state index is 0.0696. The number of aliphatic hydroxyl groups excluding tert-OH is 1. The molecule has 1 fully saturated rings. The van der Waals surface area contributed by atoms with Crippen LogP contribution in [0.2, 0.25) is 0 Å². The summed E-state index contributed by atoms with van der Waals surface area (Å²) in [5, 5.41) is 15.4. The molecule has 4 rings (SSSR count). The van der Waals surface area contributed by atoms with Crippen LogP contribution in [0, 0.1) is 0 Å². The molecule has 0 amide bonds. The monoisotopic (exact) mass is 423 g/mol. The third kappa shape index (κ3) is 4.15. The van der Waals surface area contributed by atoms with Gasteiger partial charge in [-0.1, -0.05) is 0 Å². The van der Waals surface area contributed by atoms with Crippen molar-refractivity contribution in [1.29, 1.82) is 0 Å². The summed E-state index contributed by atoms with van der Waals surface area (Å²) in [6.45, 7) is 1.71. The Morgan fingerprint density at radius 2 is 2.17 bits per heavy atom. The fourth-order valence-corrected chi connectivity index (χ4v) is 3.67. The maximum atomic E-state index is 13.7. The van der Waals surface area contributed by atoms with E-state index in [9.17, 15) is 18.3 Å². The molecule has 2 aliphatic heterocycles. The van der Waals surface area contributed by atoms with Crippen LogP contribution in [-0.2, 0) is 4.74 Å². The Hall–Kier alpha value is -2.59. The zero-order chi connectivity index (χ0) is 21.3. The largest absolute Gasteiger partial charge is 0.416 e. The van der Waals surface area contributed by atoms with Crippen molar-refractivity contribution in [1.82, 2.24) is 20.6 Å². The maximum Gasteiger partial charge on any atom is 0.416 e. The average molecular weight is 423 g/mol. The Morgan fingerprint density at radius 1 is 1.33 bits per heavy atom. The molecule has 30 heavy (non-hydrogen) atoms. The SMILES string of the molecule is C[C@@H](CO)NC1=NCC(C(F)(F)F)=C(c2c[nH]c3nc(C4CCCCO4)ccc23)N1. The molecule has 7 nitrogen and oxygen atoms in total. The van der Waals surface area contributed by atoms with Gasteiger partial charge in [-0.3, -0.25) is 0 Å². The fourth-order valence-electron chi connectivity index (χ4n) is 3.67. The van der Waals surface area contributed by atoms with Crippen LogP contribution >= 0.6 is 0 Å². The molecule has 0 aromatic carbocycles. The summed E-state index contributed by atoms with van der Waals surface area (Å²) in [5.74, 6) is 0.189. The van der Waals surface area contributed by atoms with E-state index in [4.69, 9.17) is 4.74 Å². The maximum absolute atomic E-state index is 13.7. The van der Waals surface area contributed by atoms with E-state index in [-0.39, 0.29) is 30.4 Å². The summed E-state index contributed by atoms with van der Waals surface area (Å²) in [5.41, 5.74) is 0.822. The molecule has 2 aromatic rings. The molecule has 0 bridgehead atoms. The number of nitrogens with one attached hydrogen (secondary N) is 3. The minimum atomic E-state index is -4.53. The van der Waals surface area contributed by atoms with Gasteiger partial charge in [-0.05, 0) is 38.3 Å². The first-order valence-corrected chi connectivity index (χ1v) is 9.96. The van der Waals surface area contributed by atoms with E-state index in [2.05, 4.69) is 25.6 Å². The minimum Gasteiger partial charge on any atom is -0.394 e. The van der Waals surface area contributed by atoms with Gasteiger partial charge in [0.25, 0.3) is 0 Å². The van der Waals surface area contributed by atoms with Crippen molar-refractivity contribution < 1.29 is 23.0 Å². The van der Waals surface area contributed by atoms with Crippen LogP contribution in [0.5, 0.6) is 0 Å². The van der Waals surface area contributed by atoms with Crippen LogP contribution in [0.25, 0.3) is 16.7 Å². The van der Waals surface area contributed by atoms with Crippen molar-refractivity contribution in [2.24, 2.45) is 4.99 Å². The Labute approximate surface area is 171 Å². The first kappa shape index (κ1) is 20.7. The van der Waals surface area contributed by atoms with E-state index in [0.717, 1.165) is 25.0 Å². The molecule has 162 valence electrons. The van der Waals surface area contributed by atoms with Crippen molar-refractivity contribution in [2.75, 3.05) is 19.8 Å². The number of H-pyrrole nitrogens is 1. The van der Waals surface area contributed by atoms with Crippen LogP contribution in [0.1, 0.15) is 43.5 Å². The Kier molecular flexibility index (Phi) is 5.70. The lowest BCUT2D eigenvalue weighted by atomic mass is 10.0. The second-order valence-electron chi connectivity index (χ2n) is 7.56. The molecule has 2 atom stereocenters. The lowest BCUT2D eigenvalue weighted by Crippen LogP contribution is -2.45. The number of ether oxygens (including phenoxy) is 1. The van der Waals surface area contributed by atoms with E-state index < -0.39 is 18.3 Å². The predicted octanol–water partition coefficient (Wildman–Crippen LogP) is 3.01. The molecule has 4 N–H and O–H groups in total. The van der Waals surface area contributed by atoms with Crippen molar-refractivity contribution in [3.8, 4) is 0 Å². The molecule has 4 heterocycles. The molecular formula is C20H24F3N5O2. The summed E-state index contributed by atoms with van der Waals surface area (Å²) in [4.78, 5) is 11.5. The standard InChI is InChI=1S/C20H24F3N5O2/c1-11(10-29)26-19-25-9-14(20(21,22)23)17(28-19)13-8-24-18-12(13)5-6-15(27-18)16-4-2-3-7-30-16/h5-6,8,11,16,29H,2-4,7,9-10H2,1H3,(H,24,27)(H2,25,26,28)/t11-,16?/m0/s1. The highest BCUT2D eigenvalue weighted by Crippen LogP contribution is 2.36. The van der Waals surface area contributed by atoms with Crippen molar-refractivity contribution in [2.45, 2.75) is 44.5 Å². The number of aliphatic imine (C=N–C) groups is 1. The average Bonchev–Trinajstić information content (AvgIpc) is 3.16. The number of hydrogen-bond acceptors (Lipinski definition) is 6. The summed E-state index contributed by atoms with van der Waals surface area (Å²) in [6.07, 6.45) is -0.129. The highest BCUT2D eigenvalue weighted by Gasteiger charge is 2.39. The number of alkyl halides is 3. The molecule has 2 aromatic heterocycles. The topological polar surface area (TPSA) is 94.6 Å². The van der Waals surface area contributed by atoms with Gasteiger partial charge in [-0.2, -0.15) is 13.2 Å². The van der Waals surface area contributed by atoms with E-state index in [1.165, 1.54) is 6.20 Å². The molecular weight excluding hydrogens is 399 g/mol. The smallest absolute Gasteiger partial charge is 0.394 e. The second-order valence-corrected chi connectivity index (χ2v) is 7.56. The normalized spacial score (nSPS) is 21.4. The first-order chi connectivity index (χ1) is 14.4. The van der Waals surface area contributed by atoms with Crippen molar-refractivity contribution >= 4 is 22.7 Å². The van der Waals surface area contributed by atoms with E-state index in [1.54, 1.807) is 13.0 Å². The van der Waals surface area contributed by atoms with Crippen LogP contribution < -0.4 is 10.6 Å². The number of nitrogens with zero attached hydrogens (tertiary/aromatic N) is 2. The quantitative estimate of drug-likeness (QED) is 0.607. The van der Waals surface area contributed by atoms with Gasteiger partial charge in [0.05, 0.1) is 36.2 Å².